The molecule has 0 aliphatic carbocycles. The average Bonchev–Trinajstić information content (AvgIpc) is 2.84. The van der Waals surface area contributed by atoms with Crippen LogP contribution in [0.4, 0.5) is 4.39 Å². The first kappa shape index (κ1) is 14.5. The molecule has 0 aromatic heterocycles. The second-order valence-electron chi connectivity index (χ2n) is 4.99. The minimum absolute atomic E-state index is 0.113. The van der Waals surface area contributed by atoms with Crippen LogP contribution in [0.1, 0.15) is 32.8 Å². The lowest BCUT2D eigenvalue weighted by Gasteiger charge is -2.28. The molecule has 1 aliphatic heterocycles. The molecule has 0 saturated carbocycles. The lowest BCUT2D eigenvalue weighted by atomic mass is 9.94. The number of likely N-dealkylation sites (N-methyl/N-ethyl adjacent to an activating group) is 1. The maximum atomic E-state index is 13.8. The standard InChI is InChI=1S/C15H19FN2O2/c1-4-18(5-2)14(19)15(3)10-13(17-20-15)11-8-6-7-9-12(11)16/h6-9H,4-5,10H2,1-3H3/t15-/m1/s1. The molecular formula is C15H19FN2O2. The van der Waals surface area contributed by atoms with Gasteiger partial charge in [-0.05, 0) is 26.8 Å². The van der Waals surface area contributed by atoms with Gasteiger partial charge in [0.05, 0.1) is 5.71 Å². The van der Waals surface area contributed by atoms with E-state index in [2.05, 4.69) is 5.16 Å². The largest absolute Gasteiger partial charge is 0.379 e. The van der Waals surface area contributed by atoms with Gasteiger partial charge in [-0.2, -0.15) is 0 Å². The molecular weight excluding hydrogens is 259 g/mol. The Morgan fingerprint density at radius 2 is 2.05 bits per heavy atom. The molecule has 1 aromatic carbocycles. The van der Waals surface area contributed by atoms with Gasteiger partial charge in [-0.1, -0.05) is 23.4 Å². The zero-order valence-corrected chi connectivity index (χ0v) is 12.0. The zero-order chi connectivity index (χ0) is 14.8. The third-order valence-corrected chi connectivity index (χ3v) is 3.55. The van der Waals surface area contributed by atoms with Crippen molar-refractivity contribution in [2.45, 2.75) is 32.8 Å². The summed E-state index contributed by atoms with van der Waals surface area (Å²) >= 11 is 0. The molecule has 0 radical (unpaired) electrons. The van der Waals surface area contributed by atoms with Crippen molar-refractivity contribution in [1.82, 2.24) is 4.90 Å². The molecule has 0 N–H and O–H groups in total. The molecule has 0 bridgehead atoms. The monoisotopic (exact) mass is 278 g/mol. The van der Waals surface area contributed by atoms with Crippen LogP contribution in [-0.4, -0.2) is 35.2 Å². The number of halogens is 1. The number of hydrogen-bond acceptors (Lipinski definition) is 3. The molecule has 0 saturated heterocycles. The molecule has 108 valence electrons. The van der Waals surface area contributed by atoms with Crippen molar-refractivity contribution in [3.63, 3.8) is 0 Å². The Kier molecular flexibility index (Phi) is 4.06. The summed E-state index contributed by atoms with van der Waals surface area (Å²) in [5, 5.41) is 3.92. The zero-order valence-electron chi connectivity index (χ0n) is 12.0. The first-order valence-corrected chi connectivity index (χ1v) is 6.81. The maximum absolute atomic E-state index is 13.8. The molecule has 0 spiro atoms. The summed E-state index contributed by atoms with van der Waals surface area (Å²) in [6.07, 6.45) is 0.281. The number of amides is 1. The van der Waals surface area contributed by atoms with Crippen molar-refractivity contribution in [2.75, 3.05) is 13.1 Å². The lowest BCUT2D eigenvalue weighted by Crippen LogP contribution is -2.47. The van der Waals surface area contributed by atoms with E-state index in [-0.39, 0.29) is 18.1 Å². The first-order valence-electron chi connectivity index (χ1n) is 6.81. The predicted octanol–water partition coefficient (Wildman–Crippen LogP) is 2.58. The Labute approximate surface area is 118 Å². The number of nitrogens with zero attached hydrogens (tertiary/aromatic N) is 2. The van der Waals surface area contributed by atoms with Gasteiger partial charge in [-0.3, -0.25) is 4.79 Å². The molecule has 1 aliphatic rings. The van der Waals surface area contributed by atoms with E-state index < -0.39 is 5.60 Å². The van der Waals surface area contributed by atoms with Crippen molar-refractivity contribution in [3.05, 3.63) is 35.6 Å². The van der Waals surface area contributed by atoms with Crippen molar-refractivity contribution < 1.29 is 14.0 Å². The van der Waals surface area contributed by atoms with Crippen molar-refractivity contribution in [1.29, 1.82) is 0 Å². The normalized spacial score (nSPS) is 21.3. The molecule has 2 rings (SSSR count). The summed E-state index contributed by atoms with van der Waals surface area (Å²) in [4.78, 5) is 19.5. The summed E-state index contributed by atoms with van der Waals surface area (Å²) in [5.74, 6) is -0.466. The number of oxime groups is 1. The molecule has 1 heterocycles. The summed E-state index contributed by atoms with van der Waals surface area (Å²) in [5.41, 5.74) is -0.168. The smallest absolute Gasteiger partial charge is 0.269 e. The van der Waals surface area contributed by atoms with Gasteiger partial charge in [0.2, 0.25) is 5.60 Å². The van der Waals surface area contributed by atoms with Crippen LogP contribution in [0.15, 0.2) is 29.4 Å². The number of rotatable bonds is 4. The van der Waals surface area contributed by atoms with E-state index in [4.69, 9.17) is 4.84 Å². The van der Waals surface area contributed by atoms with E-state index in [1.807, 2.05) is 13.8 Å². The number of carbonyl (C=O) groups excluding carboxylic acids is 1. The number of carbonyl (C=O) groups is 1. The van der Waals surface area contributed by atoms with Gasteiger partial charge in [0.25, 0.3) is 5.91 Å². The van der Waals surface area contributed by atoms with Gasteiger partial charge >= 0.3 is 0 Å². The minimum Gasteiger partial charge on any atom is -0.379 e. The summed E-state index contributed by atoms with van der Waals surface area (Å²) in [6, 6.07) is 6.38. The SMILES string of the molecule is CCN(CC)C(=O)[C@@]1(C)CC(c2ccccc2F)=NO1. The van der Waals surface area contributed by atoms with Crippen LogP contribution in [0.3, 0.4) is 0 Å². The Morgan fingerprint density at radius 1 is 1.40 bits per heavy atom. The molecule has 0 fully saturated rings. The maximum Gasteiger partial charge on any atom is 0.269 e. The van der Waals surface area contributed by atoms with E-state index in [9.17, 15) is 9.18 Å². The highest BCUT2D eigenvalue weighted by Crippen LogP contribution is 2.29. The average molecular weight is 278 g/mol. The number of hydrogen-bond donors (Lipinski definition) is 0. The highest BCUT2D eigenvalue weighted by atomic mass is 19.1. The second kappa shape index (κ2) is 5.61. The summed E-state index contributed by atoms with van der Waals surface area (Å²) < 4.78 is 13.8. The van der Waals surface area contributed by atoms with Crippen molar-refractivity contribution >= 4 is 11.6 Å². The molecule has 1 amide bonds. The lowest BCUT2D eigenvalue weighted by molar-refractivity contribution is -0.152. The topological polar surface area (TPSA) is 41.9 Å². The molecule has 1 aromatic rings. The van der Waals surface area contributed by atoms with Crippen molar-refractivity contribution in [3.8, 4) is 0 Å². The van der Waals surface area contributed by atoms with Crippen LogP contribution >= 0.6 is 0 Å². The summed E-state index contributed by atoms with van der Waals surface area (Å²) in [7, 11) is 0. The summed E-state index contributed by atoms with van der Waals surface area (Å²) in [6.45, 7) is 6.76. The highest BCUT2D eigenvalue weighted by Gasteiger charge is 2.44. The second-order valence-corrected chi connectivity index (χ2v) is 4.99. The highest BCUT2D eigenvalue weighted by molar-refractivity contribution is 6.05. The number of benzene rings is 1. The van der Waals surface area contributed by atoms with Crippen LogP contribution in [0.2, 0.25) is 0 Å². The van der Waals surface area contributed by atoms with Crippen LogP contribution in [0.25, 0.3) is 0 Å². The minimum atomic E-state index is -1.04. The fourth-order valence-corrected chi connectivity index (χ4v) is 2.34. The van der Waals surface area contributed by atoms with Crippen LogP contribution in [0.5, 0.6) is 0 Å². The molecule has 20 heavy (non-hydrogen) atoms. The third kappa shape index (κ3) is 2.53. The van der Waals surface area contributed by atoms with Crippen LogP contribution in [0, 0.1) is 5.82 Å². The van der Waals surface area contributed by atoms with Crippen LogP contribution in [-0.2, 0) is 9.63 Å². The fraction of sp³-hybridized carbons (Fsp3) is 0.467. The van der Waals surface area contributed by atoms with Gasteiger partial charge < -0.3 is 9.74 Å². The van der Waals surface area contributed by atoms with E-state index in [0.29, 0.717) is 24.4 Å². The van der Waals surface area contributed by atoms with Crippen LogP contribution < -0.4 is 0 Å². The molecule has 0 unspecified atom stereocenters. The van der Waals surface area contributed by atoms with Gasteiger partial charge in [0.15, 0.2) is 0 Å². The Balaban J connectivity index is 2.18. The van der Waals surface area contributed by atoms with Gasteiger partial charge in [0, 0.05) is 25.1 Å². The van der Waals surface area contributed by atoms with Gasteiger partial charge in [0.1, 0.15) is 5.82 Å². The van der Waals surface area contributed by atoms with Crippen molar-refractivity contribution in [2.24, 2.45) is 5.16 Å². The van der Waals surface area contributed by atoms with E-state index in [0.717, 1.165) is 0 Å². The Hall–Kier alpha value is -1.91. The van der Waals surface area contributed by atoms with Gasteiger partial charge in [-0.15, -0.1) is 0 Å². The van der Waals surface area contributed by atoms with E-state index >= 15 is 0 Å². The fourth-order valence-electron chi connectivity index (χ4n) is 2.34. The molecule has 1 atom stereocenters. The van der Waals surface area contributed by atoms with Gasteiger partial charge in [-0.25, -0.2) is 4.39 Å². The molecule has 4 nitrogen and oxygen atoms in total. The predicted molar refractivity (Wildman–Crippen MR) is 75.0 cm³/mol. The third-order valence-electron chi connectivity index (χ3n) is 3.55. The quantitative estimate of drug-likeness (QED) is 0.849. The molecule has 5 heteroatoms. The van der Waals surface area contributed by atoms with E-state index in [1.165, 1.54) is 6.07 Å². The Bertz CT molecular complexity index is 540. The van der Waals surface area contributed by atoms with E-state index in [1.54, 1.807) is 30.0 Å². The Morgan fingerprint density at radius 3 is 2.65 bits per heavy atom. The first-order chi connectivity index (χ1) is 9.51.